The summed E-state index contributed by atoms with van der Waals surface area (Å²) in [5.74, 6) is 0.397. The number of nitrogens with zero attached hydrogens (tertiary/aromatic N) is 2. The van der Waals surface area contributed by atoms with Crippen molar-refractivity contribution in [2.45, 2.75) is 46.3 Å². The highest BCUT2D eigenvalue weighted by atomic mass is 16.6. The van der Waals surface area contributed by atoms with Gasteiger partial charge in [0, 0.05) is 26.2 Å². The Morgan fingerprint density at radius 1 is 1.30 bits per heavy atom. The molecule has 2 N–H and O–H groups in total. The lowest BCUT2D eigenvalue weighted by Crippen LogP contribution is -2.51. The van der Waals surface area contributed by atoms with Crippen molar-refractivity contribution in [2.24, 2.45) is 17.6 Å². The van der Waals surface area contributed by atoms with Crippen LogP contribution in [0.15, 0.2) is 30.3 Å². The molecular weight excluding hydrogens is 342 g/mol. The zero-order valence-electron chi connectivity index (χ0n) is 16.8. The van der Waals surface area contributed by atoms with Gasteiger partial charge < -0.3 is 20.3 Å². The Labute approximate surface area is 162 Å². The van der Waals surface area contributed by atoms with E-state index >= 15 is 0 Å². The van der Waals surface area contributed by atoms with Crippen LogP contribution < -0.4 is 5.73 Å². The van der Waals surface area contributed by atoms with Gasteiger partial charge in [-0.25, -0.2) is 4.79 Å². The molecule has 2 rings (SSSR count). The molecule has 1 aromatic rings. The second kappa shape index (κ2) is 10.3. The SMILES string of the molecule is CCN(CC1CCCN(C(=O)[C@@H](N)C(C)C)C1)C(=O)OCc1ccccc1. The maximum absolute atomic E-state index is 12.5. The zero-order valence-corrected chi connectivity index (χ0v) is 16.8. The van der Waals surface area contributed by atoms with E-state index in [9.17, 15) is 9.59 Å². The smallest absolute Gasteiger partial charge is 0.410 e. The number of rotatable bonds is 7. The number of carbonyl (C=O) groups is 2. The topological polar surface area (TPSA) is 75.9 Å². The van der Waals surface area contributed by atoms with Gasteiger partial charge in [0.2, 0.25) is 5.91 Å². The average Bonchev–Trinajstić information content (AvgIpc) is 2.70. The molecule has 6 nitrogen and oxygen atoms in total. The first-order valence-corrected chi connectivity index (χ1v) is 9.92. The number of hydrogen-bond acceptors (Lipinski definition) is 4. The van der Waals surface area contributed by atoms with Crippen LogP contribution in [-0.4, -0.2) is 54.0 Å². The van der Waals surface area contributed by atoms with Gasteiger partial charge in [-0.15, -0.1) is 0 Å². The molecule has 1 aromatic carbocycles. The minimum absolute atomic E-state index is 0.0180. The largest absolute Gasteiger partial charge is 0.445 e. The Morgan fingerprint density at radius 2 is 2.00 bits per heavy atom. The Bertz CT molecular complexity index is 606. The molecule has 0 spiro atoms. The summed E-state index contributed by atoms with van der Waals surface area (Å²) in [6.45, 7) is 8.74. The van der Waals surface area contributed by atoms with Crippen LogP contribution >= 0.6 is 0 Å². The van der Waals surface area contributed by atoms with Crippen LogP contribution in [0.25, 0.3) is 0 Å². The van der Waals surface area contributed by atoms with Crippen LogP contribution in [0.3, 0.4) is 0 Å². The molecular formula is C21H33N3O3. The molecule has 1 saturated heterocycles. The number of ether oxygens (including phenoxy) is 1. The summed E-state index contributed by atoms with van der Waals surface area (Å²) in [5, 5.41) is 0. The van der Waals surface area contributed by atoms with Gasteiger partial charge in [-0.05, 0) is 37.2 Å². The number of carbonyl (C=O) groups excluding carboxylic acids is 2. The predicted octanol–water partition coefficient (Wildman–Crippen LogP) is 2.87. The number of benzene rings is 1. The zero-order chi connectivity index (χ0) is 19.8. The van der Waals surface area contributed by atoms with Crippen LogP contribution in [0, 0.1) is 11.8 Å². The quantitative estimate of drug-likeness (QED) is 0.795. The van der Waals surface area contributed by atoms with Crippen LogP contribution in [0.5, 0.6) is 0 Å². The van der Waals surface area contributed by atoms with Crippen molar-refractivity contribution < 1.29 is 14.3 Å². The summed E-state index contributed by atoms with van der Waals surface area (Å²) in [7, 11) is 0. The summed E-state index contributed by atoms with van der Waals surface area (Å²) in [4.78, 5) is 28.6. The lowest BCUT2D eigenvalue weighted by Gasteiger charge is -2.36. The van der Waals surface area contributed by atoms with Gasteiger partial charge in [-0.2, -0.15) is 0 Å². The van der Waals surface area contributed by atoms with Crippen molar-refractivity contribution >= 4 is 12.0 Å². The second-order valence-electron chi connectivity index (χ2n) is 7.64. The van der Waals surface area contributed by atoms with Gasteiger partial charge in [0.05, 0.1) is 6.04 Å². The lowest BCUT2D eigenvalue weighted by atomic mass is 9.95. The monoisotopic (exact) mass is 375 g/mol. The average molecular weight is 376 g/mol. The third kappa shape index (κ3) is 6.24. The molecule has 1 heterocycles. The van der Waals surface area contributed by atoms with Crippen LogP contribution in [0.1, 0.15) is 39.2 Å². The van der Waals surface area contributed by atoms with Crippen molar-refractivity contribution in [1.82, 2.24) is 9.80 Å². The standard InChI is InChI=1S/C21H33N3O3/c1-4-23(21(26)27-15-17-9-6-5-7-10-17)13-18-11-8-12-24(14-18)20(25)19(22)16(2)3/h5-7,9-10,16,18-19H,4,8,11-15,22H2,1-3H3/t18?,19-/m0/s1. The highest BCUT2D eigenvalue weighted by Gasteiger charge is 2.30. The molecule has 0 saturated carbocycles. The third-order valence-electron chi connectivity index (χ3n) is 5.16. The number of likely N-dealkylation sites (tertiary alicyclic amines) is 1. The number of piperidine rings is 1. The molecule has 0 radical (unpaired) electrons. The van der Waals surface area contributed by atoms with Crippen LogP contribution in [-0.2, 0) is 16.1 Å². The first kappa shape index (κ1) is 21.2. The van der Waals surface area contributed by atoms with E-state index in [0.29, 0.717) is 19.6 Å². The molecule has 1 fully saturated rings. The fraction of sp³-hybridized carbons (Fsp3) is 0.619. The predicted molar refractivity (Wildman–Crippen MR) is 106 cm³/mol. The highest BCUT2D eigenvalue weighted by Crippen LogP contribution is 2.20. The molecule has 2 atom stereocenters. The van der Waals surface area contributed by atoms with E-state index in [1.165, 1.54) is 0 Å². The van der Waals surface area contributed by atoms with E-state index in [0.717, 1.165) is 24.9 Å². The molecule has 150 valence electrons. The van der Waals surface area contributed by atoms with Gasteiger partial charge in [0.25, 0.3) is 0 Å². The van der Waals surface area contributed by atoms with Crippen molar-refractivity contribution in [3.05, 3.63) is 35.9 Å². The molecule has 2 amide bonds. The van der Waals surface area contributed by atoms with Crippen molar-refractivity contribution in [3.63, 3.8) is 0 Å². The summed E-state index contributed by atoms with van der Waals surface area (Å²) >= 11 is 0. The Hall–Kier alpha value is -2.08. The molecule has 0 aromatic heterocycles. The van der Waals surface area contributed by atoms with Gasteiger partial charge in [-0.3, -0.25) is 4.79 Å². The normalized spacial score (nSPS) is 18.3. The van der Waals surface area contributed by atoms with Crippen molar-refractivity contribution in [1.29, 1.82) is 0 Å². The summed E-state index contributed by atoms with van der Waals surface area (Å²) < 4.78 is 5.45. The highest BCUT2D eigenvalue weighted by molar-refractivity contribution is 5.82. The number of hydrogen-bond donors (Lipinski definition) is 1. The van der Waals surface area contributed by atoms with Gasteiger partial charge in [0.15, 0.2) is 0 Å². The molecule has 0 bridgehead atoms. The molecule has 27 heavy (non-hydrogen) atoms. The van der Waals surface area contributed by atoms with E-state index in [1.54, 1.807) is 4.90 Å². The van der Waals surface area contributed by atoms with Crippen LogP contribution in [0.2, 0.25) is 0 Å². The molecule has 6 heteroatoms. The van der Waals surface area contributed by atoms with Crippen LogP contribution in [0.4, 0.5) is 4.79 Å². The fourth-order valence-electron chi connectivity index (χ4n) is 3.37. The Morgan fingerprint density at radius 3 is 2.63 bits per heavy atom. The van der Waals surface area contributed by atoms with Gasteiger partial charge in [-0.1, -0.05) is 44.2 Å². The van der Waals surface area contributed by atoms with Crippen molar-refractivity contribution in [3.8, 4) is 0 Å². The summed E-state index contributed by atoms with van der Waals surface area (Å²) in [6.07, 6.45) is 1.64. The number of nitrogens with two attached hydrogens (primary N) is 1. The first-order chi connectivity index (χ1) is 12.9. The Kier molecular flexibility index (Phi) is 8.10. The second-order valence-corrected chi connectivity index (χ2v) is 7.64. The maximum atomic E-state index is 12.5. The lowest BCUT2D eigenvalue weighted by molar-refractivity contribution is -0.135. The molecule has 1 aliphatic rings. The van der Waals surface area contributed by atoms with E-state index in [2.05, 4.69) is 0 Å². The summed E-state index contributed by atoms with van der Waals surface area (Å²) in [5.41, 5.74) is 7.00. The maximum Gasteiger partial charge on any atom is 0.410 e. The number of amides is 2. The van der Waals surface area contributed by atoms with Gasteiger partial charge in [0.1, 0.15) is 6.61 Å². The van der Waals surface area contributed by atoms with E-state index in [-0.39, 0.29) is 30.4 Å². The van der Waals surface area contributed by atoms with E-state index in [4.69, 9.17) is 10.5 Å². The minimum Gasteiger partial charge on any atom is -0.445 e. The summed E-state index contributed by atoms with van der Waals surface area (Å²) in [6, 6.07) is 9.21. The molecule has 1 aliphatic heterocycles. The molecule has 0 aliphatic carbocycles. The van der Waals surface area contributed by atoms with Crippen molar-refractivity contribution in [2.75, 3.05) is 26.2 Å². The fourth-order valence-corrected chi connectivity index (χ4v) is 3.37. The van der Waals surface area contributed by atoms with E-state index in [1.807, 2.05) is 56.0 Å². The Balaban J connectivity index is 1.87. The third-order valence-corrected chi connectivity index (χ3v) is 5.16. The van der Waals surface area contributed by atoms with Gasteiger partial charge >= 0.3 is 6.09 Å². The van der Waals surface area contributed by atoms with E-state index < -0.39 is 6.04 Å². The first-order valence-electron chi connectivity index (χ1n) is 9.92. The molecule has 1 unspecified atom stereocenters. The minimum atomic E-state index is -0.457.